The van der Waals surface area contributed by atoms with E-state index in [0.717, 1.165) is 0 Å². The van der Waals surface area contributed by atoms with Crippen LogP contribution in [0.15, 0.2) is 40.9 Å². The summed E-state index contributed by atoms with van der Waals surface area (Å²) >= 11 is 20.0. The van der Waals surface area contributed by atoms with Crippen LogP contribution in [0.3, 0.4) is 0 Å². The fraction of sp³-hybridized carbons (Fsp3) is 0. The first-order valence-corrected chi connectivity index (χ1v) is 9.26. The Kier molecular flexibility index (Phi) is 4.74. The van der Waals surface area contributed by atoms with Crippen LogP contribution in [-0.4, -0.2) is 0 Å². The first kappa shape index (κ1) is 15.5. The number of halogens is 3. The molecule has 0 aliphatic rings. The fourth-order valence-electron chi connectivity index (χ4n) is 1.67. The van der Waals surface area contributed by atoms with Crippen molar-refractivity contribution >= 4 is 62.7 Å². The summed E-state index contributed by atoms with van der Waals surface area (Å²) in [4.78, 5) is 23.3. The molecule has 0 aliphatic heterocycles. The van der Waals surface area contributed by atoms with Crippen molar-refractivity contribution in [3.63, 3.8) is 0 Å². The van der Waals surface area contributed by atoms with Crippen molar-refractivity contribution in [3.05, 3.63) is 50.9 Å². The van der Waals surface area contributed by atoms with Gasteiger partial charge in [0.15, 0.2) is 0 Å². The predicted octanol–water partition coefficient (Wildman–Crippen LogP) is 3.08. The summed E-state index contributed by atoms with van der Waals surface area (Å²) in [6.07, 6.45) is 0. The van der Waals surface area contributed by atoms with Gasteiger partial charge in [0.1, 0.15) is 0 Å². The van der Waals surface area contributed by atoms with Crippen molar-refractivity contribution in [3.8, 4) is 11.1 Å². The highest BCUT2D eigenvalue weighted by atomic mass is 79.9. The molecule has 0 aromatic heterocycles. The molecule has 2 aromatic carbocycles. The summed E-state index contributed by atoms with van der Waals surface area (Å²) in [5.41, 5.74) is 0.988. The first-order chi connectivity index (χ1) is 8.80. The molecule has 0 saturated heterocycles. The topological polar surface area (TPSA) is 46.1 Å². The van der Waals surface area contributed by atoms with Crippen molar-refractivity contribution < 1.29 is 9.79 Å². The van der Waals surface area contributed by atoms with Gasteiger partial charge in [-0.2, -0.15) is 6.49 Å². The Morgan fingerprint density at radius 3 is 2.26 bits per heavy atom. The third kappa shape index (κ3) is 3.40. The zero-order valence-electron chi connectivity index (χ0n) is 9.27. The molecule has 2 aromatic rings. The molecule has 0 atom stereocenters. The van der Waals surface area contributed by atoms with Gasteiger partial charge in [0.05, 0.1) is 5.02 Å². The van der Waals surface area contributed by atoms with E-state index in [0.29, 0.717) is 25.6 Å². The first-order valence-electron chi connectivity index (χ1n) is 5.07. The Morgan fingerprint density at radius 1 is 1.00 bits per heavy atom. The lowest BCUT2D eigenvalue weighted by Gasteiger charge is -2.37. The monoisotopic (exact) mass is 394 g/mol. The lowest BCUT2D eigenvalue weighted by atomic mass is 10.1. The Hall–Kier alpha value is 0.0700. The fourth-order valence-corrected chi connectivity index (χ4v) is 3.81. The third-order valence-electron chi connectivity index (χ3n) is 2.50. The molecular weight excluding hydrogens is 390 g/mol. The summed E-state index contributed by atoms with van der Waals surface area (Å²) in [7, 11) is 0. The van der Waals surface area contributed by atoms with Crippen LogP contribution in [0.25, 0.3) is 11.1 Å². The summed E-state index contributed by atoms with van der Waals surface area (Å²) < 4.78 is 0.643. The van der Waals surface area contributed by atoms with Crippen LogP contribution in [0, 0.1) is 0 Å². The lowest BCUT2D eigenvalue weighted by molar-refractivity contribution is -0.289. The van der Waals surface area contributed by atoms with E-state index in [1.54, 1.807) is 30.3 Å². The third-order valence-corrected chi connectivity index (χ3v) is 5.58. The highest BCUT2D eigenvalue weighted by molar-refractivity contribution is 9.10. The van der Waals surface area contributed by atoms with E-state index in [9.17, 15) is 9.79 Å². The predicted molar refractivity (Wildman–Crippen MR) is 83.5 cm³/mol. The van der Waals surface area contributed by atoms with Crippen LogP contribution in [0.2, 0.25) is 10.0 Å². The molecule has 2 rings (SSSR count). The molecule has 0 aliphatic carbocycles. The lowest BCUT2D eigenvalue weighted by Crippen LogP contribution is -2.26. The van der Waals surface area contributed by atoms with Crippen LogP contribution in [-0.2, 0) is 11.8 Å². The van der Waals surface area contributed by atoms with E-state index in [4.69, 9.17) is 23.2 Å². The quantitative estimate of drug-likeness (QED) is 0.579. The van der Waals surface area contributed by atoms with Gasteiger partial charge in [-0.1, -0.05) is 47.5 Å². The van der Waals surface area contributed by atoms with Crippen LogP contribution in [0.1, 0.15) is 0 Å². The number of hydrogen-bond donors (Lipinski definition) is 0. The second kappa shape index (κ2) is 5.82. The van der Waals surface area contributed by atoms with E-state index in [2.05, 4.69) is 27.7 Å². The van der Waals surface area contributed by atoms with Crippen molar-refractivity contribution in [2.75, 3.05) is 0 Å². The van der Waals surface area contributed by atoms with Crippen molar-refractivity contribution in [1.82, 2.24) is 0 Å². The molecule has 0 radical (unpaired) electrons. The Morgan fingerprint density at radius 2 is 1.63 bits per heavy atom. The van der Waals surface area contributed by atoms with Gasteiger partial charge < -0.3 is 9.79 Å². The molecular formula is C12H6BrCl2O2PS-2. The second-order valence-electron chi connectivity index (χ2n) is 3.76. The summed E-state index contributed by atoms with van der Waals surface area (Å²) in [6.45, 7) is -4.05. The van der Waals surface area contributed by atoms with E-state index in [-0.39, 0.29) is 5.30 Å². The maximum Gasteiger partial charge on any atom is 0.0555 e. The van der Waals surface area contributed by atoms with Gasteiger partial charge in [-0.15, -0.1) is 11.8 Å². The van der Waals surface area contributed by atoms with Crippen molar-refractivity contribution in [2.45, 2.75) is 0 Å². The Balaban J connectivity index is 2.73. The molecule has 0 fully saturated rings. The number of benzene rings is 2. The maximum absolute atomic E-state index is 11.6. The van der Waals surface area contributed by atoms with Gasteiger partial charge >= 0.3 is 0 Å². The van der Waals surface area contributed by atoms with Gasteiger partial charge in [0.2, 0.25) is 0 Å². The molecule has 0 bridgehead atoms. The SMILES string of the molecule is [O-]P([O-])(=S)c1ccccc1-c1cc(Cl)c(Br)cc1Cl. The molecule has 7 heteroatoms. The van der Waals surface area contributed by atoms with Crippen molar-refractivity contribution in [2.24, 2.45) is 0 Å². The van der Waals surface area contributed by atoms with E-state index >= 15 is 0 Å². The van der Waals surface area contributed by atoms with Gasteiger partial charge in [0.25, 0.3) is 0 Å². The average Bonchev–Trinajstić information content (AvgIpc) is 2.33. The second-order valence-corrected chi connectivity index (χ2v) is 8.35. The highest BCUT2D eigenvalue weighted by Crippen LogP contribution is 2.38. The molecule has 0 saturated carbocycles. The van der Waals surface area contributed by atoms with Crippen LogP contribution >= 0.6 is 45.6 Å². The minimum atomic E-state index is -4.05. The largest absolute Gasteiger partial charge is 0.829 e. The number of hydrogen-bond acceptors (Lipinski definition) is 3. The Labute approximate surface area is 134 Å². The van der Waals surface area contributed by atoms with Gasteiger partial charge in [-0.05, 0) is 38.9 Å². The summed E-state index contributed by atoms with van der Waals surface area (Å²) in [5.74, 6) is 0. The molecule has 0 N–H and O–H groups in total. The zero-order valence-corrected chi connectivity index (χ0v) is 14.1. The highest BCUT2D eigenvalue weighted by Gasteiger charge is 2.11. The molecule has 100 valence electrons. The van der Waals surface area contributed by atoms with E-state index < -0.39 is 6.49 Å². The summed E-state index contributed by atoms with van der Waals surface area (Å²) in [5, 5.41) is 0.914. The van der Waals surface area contributed by atoms with E-state index in [1.165, 1.54) is 6.07 Å². The smallest absolute Gasteiger partial charge is 0.0555 e. The maximum atomic E-state index is 11.6. The molecule has 0 unspecified atom stereocenters. The normalized spacial score (nSPS) is 11.6. The molecule has 0 amide bonds. The van der Waals surface area contributed by atoms with Crippen LogP contribution < -0.4 is 15.1 Å². The number of rotatable bonds is 2. The zero-order chi connectivity index (χ0) is 14.2. The van der Waals surface area contributed by atoms with Gasteiger partial charge in [0, 0.05) is 15.1 Å². The molecule has 0 spiro atoms. The minimum absolute atomic E-state index is 0.0743. The van der Waals surface area contributed by atoms with Gasteiger partial charge in [-0.25, -0.2) is 0 Å². The Bertz CT molecular complexity index is 687. The standard InChI is InChI=1S/C12H8BrCl2O2PS/c13-9-6-10(14)8(5-11(9)15)7-3-1-2-4-12(7)18(16,17)19/h1-6H,(H2,16,17,19)/p-2. The molecule has 19 heavy (non-hydrogen) atoms. The average molecular weight is 396 g/mol. The van der Waals surface area contributed by atoms with Gasteiger partial charge in [-0.3, -0.25) is 0 Å². The van der Waals surface area contributed by atoms with Crippen molar-refractivity contribution in [1.29, 1.82) is 0 Å². The van der Waals surface area contributed by atoms with E-state index in [1.807, 2.05) is 0 Å². The van der Waals surface area contributed by atoms with Crippen LogP contribution in [0.4, 0.5) is 0 Å². The molecule has 0 heterocycles. The molecule has 2 nitrogen and oxygen atoms in total. The minimum Gasteiger partial charge on any atom is -0.829 e. The summed E-state index contributed by atoms with van der Waals surface area (Å²) in [6, 6.07) is 9.67. The van der Waals surface area contributed by atoms with Crippen LogP contribution in [0.5, 0.6) is 0 Å².